The molecule has 1 aliphatic heterocycles. The number of aliphatic hydroxyl groups excluding tert-OH is 3. The van der Waals surface area contributed by atoms with E-state index in [1.54, 1.807) is 6.92 Å². The Morgan fingerprint density at radius 1 is 0.970 bits per heavy atom. The molecule has 6 heteroatoms. The van der Waals surface area contributed by atoms with Crippen LogP contribution in [0.25, 0.3) is 0 Å². The molecule has 190 valence electrons. The van der Waals surface area contributed by atoms with Crippen molar-refractivity contribution in [1.82, 2.24) is 0 Å². The van der Waals surface area contributed by atoms with E-state index in [4.69, 9.17) is 15.2 Å². The number of nitrogens with two attached hydrogens (primary N) is 1. The van der Waals surface area contributed by atoms with Gasteiger partial charge in [-0.15, -0.1) is 0 Å². The van der Waals surface area contributed by atoms with Gasteiger partial charge in [0, 0.05) is 12.0 Å². The molecule has 5 aliphatic rings. The molecule has 5 N–H and O–H groups in total. The second kappa shape index (κ2) is 8.41. The van der Waals surface area contributed by atoms with Crippen LogP contribution in [-0.4, -0.2) is 57.7 Å². The van der Waals surface area contributed by atoms with E-state index in [0.29, 0.717) is 35.5 Å². The van der Waals surface area contributed by atoms with Crippen LogP contribution in [0.3, 0.4) is 0 Å². The Bertz CT molecular complexity index is 721. The first-order chi connectivity index (χ1) is 15.5. The Balaban J connectivity index is 1.28. The Kier molecular flexibility index (Phi) is 6.24. The molecule has 33 heavy (non-hydrogen) atoms. The van der Waals surface area contributed by atoms with Gasteiger partial charge in [-0.2, -0.15) is 0 Å². The van der Waals surface area contributed by atoms with Gasteiger partial charge in [0.1, 0.15) is 6.10 Å². The molecule has 0 radical (unpaired) electrons. The third kappa shape index (κ3) is 3.65. The Morgan fingerprint density at radius 2 is 1.73 bits per heavy atom. The van der Waals surface area contributed by atoms with Crippen LogP contribution >= 0.6 is 0 Å². The van der Waals surface area contributed by atoms with E-state index in [0.717, 1.165) is 38.5 Å². The molecule has 0 spiro atoms. The molecule has 1 saturated heterocycles. The summed E-state index contributed by atoms with van der Waals surface area (Å²) in [6.07, 6.45) is 7.88. The van der Waals surface area contributed by atoms with Crippen LogP contribution in [0, 0.1) is 34.5 Å². The van der Waals surface area contributed by atoms with Crippen molar-refractivity contribution < 1.29 is 24.8 Å². The summed E-state index contributed by atoms with van der Waals surface area (Å²) in [5.41, 5.74) is 7.55. The molecule has 5 rings (SSSR count). The van der Waals surface area contributed by atoms with Crippen LogP contribution in [0.5, 0.6) is 0 Å². The summed E-state index contributed by atoms with van der Waals surface area (Å²) in [5.74, 6) is 2.17. The Hall–Kier alpha value is -0.240. The monoisotopic (exact) mass is 465 g/mol. The smallest absolute Gasteiger partial charge is 0.161 e. The number of hydrogen-bond donors (Lipinski definition) is 4. The molecule has 1 heterocycles. The fraction of sp³-hybridized carbons (Fsp3) is 1.00. The van der Waals surface area contributed by atoms with Gasteiger partial charge in [-0.25, -0.2) is 0 Å². The number of aliphatic hydroxyl groups is 3. The lowest BCUT2D eigenvalue weighted by Crippen LogP contribution is -2.67. The fourth-order valence-corrected chi connectivity index (χ4v) is 9.56. The molecule has 5 fully saturated rings. The highest BCUT2D eigenvalue weighted by molar-refractivity contribution is 5.19. The average molecular weight is 466 g/mol. The van der Waals surface area contributed by atoms with Crippen molar-refractivity contribution in [2.45, 2.75) is 134 Å². The lowest BCUT2D eigenvalue weighted by atomic mass is 9.42. The van der Waals surface area contributed by atoms with Crippen molar-refractivity contribution in [3.63, 3.8) is 0 Å². The van der Waals surface area contributed by atoms with Crippen LogP contribution in [0.2, 0.25) is 0 Å². The van der Waals surface area contributed by atoms with Gasteiger partial charge in [-0.3, -0.25) is 0 Å². The molecule has 4 aliphatic carbocycles. The van der Waals surface area contributed by atoms with Crippen molar-refractivity contribution in [2.24, 2.45) is 40.2 Å². The first-order valence-electron chi connectivity index (χ1n) is 13.6. The Labute approximate surface area is 199 Å². The number of hydrogen-bond acceptors (Lipinski definition) is 6. The van der Waals surface area contributed by atoms with Gasteiger partial charge >= 0.3 is 0 Å². The molecular weight excluding hydrogens is 418 g/mol. The van der Waals surface area contributed by atoms with E-state index < -0.39 is 24.6 Å². The molecule has 0 bridgehead atoms. The minimum Gasteiger partial charge on any atom is -0.393 e. The zero-order valence-corrected chi connectivity index (χ0v) is 21.1. The van der Waals surface area contributed by atoms with E-state index in [1.165, 1.54) is 19.3 Å². The van der Waals surface area contributed by atoms with Crippen LogP contribution < -0.4 is 5.73 Å². The van der Waals surface area contributed by atoms with Gasteiger partial charge in [-0.1, -0.05) is 13.8 Å². The van der Waals surface area contributed by atoms with E-state index in [9.17, 15) is 15.3 Å². The molecule has 0 aromatic carbocycles. The van der Waals surface area contributed by atoms with E-state index in [-0.39, 0.29) is 23.2 Å². The van der Waals surface area contributed by atoms with Gasteiger partial charge in [0.05, 0.1) is 24.4 Å². The van der Waals surface area contributed by atoms with E-state index in [2.05, 4.69) is 13.8 Å². The molecule has 6 nitrogen and oxygen atoms in total. The fourth-order valence-electron chi connectivity index (χ4n) is 9.56. The normalized spacial score (nSPS) is 57.6. The first kappa shape index (κ1) is 24.5. The molecular formula is C27H47NO5. The van der Waals surface area contributed by atoms with Crippen molar-refractivity contribution >= 4 is 0 Å². The third-order valence-electron chi connectivity index (χ3n) is 11.6. The lowest BCUT2D eigenvalue weighted by Gasteiger charge is -2.64. The van der Waals surface area contributed by atoms with Gasteiger partial charge in [0.25, 0.3) is 0 Å². The minimum atomic E-state index is -0.834. The predicted octanol–water partition coefficient (Wildman–Crippen LogP) is 3.35. The molecule has 0 aromatic heterocycles. The summed E-state index contributed by atoms with van der Waals surface area (Å²) in [5, 5.41) is 30.6. The van der Waals surface area contributed by atoms with Crippen LogP contribution in [-0.2, 0) is 9.47 Å². The second-order valence-electron chi connectivity index (χ2n) is 13.0. The molecule has 13 atom stereocenters. The first-order valence-corrected chi connectivity index (χ1v) is 13.6. The third-order valence-corrected chi connectivity index (χ3v) is 11.6. The summed E-state index contributed by atoms with van der Waals surface area (Å²) in [7, 11) is 0. The van der Waals surface area contributed by atoms with Crippen molar-refractivity contribution in [2.75, 3.05) is 0 Å². The lowest BCUT2D eigenvalue weighted by molar-refractivity contribution is -0.268. The topological polar surface area (TPSA) is 105 Å². The van der Waals surface area contributed by atoms with Gasteiger partial charge in [0.2, 0.25) is 0 Å². The molecule has 4 saturated carbocycles. The summed E-state index contributed by atoms with van der Waals surface area (Å²) < 4.78 is 12.2. The van der Waals surface area contributed by atoms with Crippen molar-refractivity contribution in [1.29, 1.82) is 0 Å². The molecule has 0 aromatic rings. The van der Waals surface area contributed by atoms with Crippen LogP contribution in [0.15, 0.2) is 0 Å². The van der Waals surface area contributed by atoms with Gasteiger partial charge < -0.3 is 30.5 Å². The van der Waals surface area contributed by atoms with Gasteiger partial charge in [-0.05, 0) is 106 Å². The quantitative estimate of drug-likeness (QED) is 0.477. The predicted molar refractivity (Wildman–Crippen MR) is 126 cm³/mol. The maximum Gasteiger partial charge on any atom is 0.161 e. The average Bonchev–Trinajstić information content (AvgIpc) is 3.04. The van der Waals surface area contributed by atoms with E-state index in [1.807, 2.05) is 6.92 Å². The zero-order valence-electron chi connectivity index (χ0n) is 21.1. The highest BCUT2D eigenvalue weighted by Crippen LogP contribution is 2.68. The summed E-state index contributed by atoms with van der Waals surface area (Å²) in [4.78, 5) is 0. The maximum absolute atomic E-state index is 10.5. The molecule has 0 amide bonds. The highest BCUT2D eigenvalue weighted by Gasteiger charge is 2.66. The zero-order chi connectivity index (χ0) is 23.8. The summed E-state index contributed by atoms with van der Waals surface area (Å²) in [6, 6.07) is 0. The number of ether oxygens (including phenoxy) is 2. The van der Waals surface area contributed by atoms with Crippen molar-refractivity contribution in [3.8, 4) is 0 Å². The number of fused-ring (bicyclic) bond motifs is 5. The van der Waals surface area contributed by atoms with E-state index >= 15 is 0 Å². The summed E-state index contributed by atoms with van der Waals surface area (Å²) >= 11 is 0. The van der Waals surface area contributed by atoms with Gasteiger partial charge in [0.15, 0.2) is 6.29 Å². The maximum atomic E-state index is 10.5. The highest BCUT2D eigenvalue weighted by atomic mass is 16.7. The van der Waals surface area contributed by atoms with Crippen LogP contribution in [0.1, 0.15) is 91.9 Å². The largest absolute Gasteiger partial charge is 0.393 e. The number of rotatable bonds is 3. The van der Waals surface area contributed by atoms with Crippen molar-refractivity contribution in [3.05, 3.63) is 0 Å². The SMILES string of the molecule is C[C@H](O)[C@H]1CC[C@@]2(N)C3CC[C@H]4C[C@H](O[C@@H]5C[C@H](O)[C@H](O)[C@@H](C)O5)CC[C@]4(C)C3CC[C@]12C. The minimum absolute atomic E-state index is 0.0479. The molecule has 2 unspecified atom stereocenters. The standard InChI is InChI=1S/C27H47NO5/c1-15(29)19-9-12-27(28)21-6-5-17-13-18(33-23-14-22(30)24(31)16(2)32-23)7-10-25(17,3)20(21)8-11-26(19,27)4/h15-24,29-31H,5-14,28H2,1-4H3/t15-,16+,17-,18+,19+,20?,21?,22-,23+,24+,25-,26+,27+/m0/s1. The summed E-state index contributed by atoms with van der Waals surface area (Å²) in [6.45, 7) is 8.66. The Morgan fingerprint density at radius 3 is 2.42 bits per heavy atom. The van der Waals surface area contributed by atoms with Crippen LogP contribution in [0.4, 0.5) is 0 Å². The second-order valence-corrected chi connectivity index (χ2v) is 13.0.